The molecule has 0 saturated heterocycles. The highest BCUT2D eigenvalue weighted by Crippen LogP contribution is 2.31. The summed E-state index contributed by atoms with van der Waals surface area (Å²) in [5.41, 5.74) is 0. The minimum absolute atomic E-state index is 0.0500. The van der Waals surface area contributed by atoms with E-state index < -0.39 is 9.84 Å². The van der Waals surface area contributed by atoms with Crippen molar-refractivity contribution in [3.05, 3.63) is 48.5 Å². The molecule has 0 aliphatic rings. The average molecular weight is 292 g/mol. The van der Waals surface area contributed by atoms with E-state index in [0.717, 1.165) is 0 Å². The molecule has 0 spiro atoms. The lowest BCUT2D eigenvalue weighted by molar-refractivity contribution is 0.241. The van der Waals surface area contributed by atoms with Crippen molar-refractivity contribution >= 4 is 9.84 Å². The van der Waals surface area contributed by atoms with E-state index in [1.165, 1.54) is 30.3 Å². The maximum atomic E-state index is 12.4. The van der Waals surface area contributed by atoms with E-state index in [1.807, 2.05) is 13.8 Å². The number of benzene rings is 2. The van der Waals surface area contributed by atoms with E-state index >= 15 is 0 Å². The van der Waals surface area contributed by atoms with Gasteiger partial charge in [-0.3, -0.25) is 0 Å². The SMILES string of the molecule is CC(C)Oc1ccc(S(=O)(=O)c2ccccc2)c(O)c1. The van der Waals surface area contributed by atoms with Crippen LogP contribution in [0.1, 0.15) is 13.8 Å². The van der Waals surface area contributed by atoms with Gasteiger partial charge >= 0.3 is 0 Å². The molecule has 106 valence electrons. The van der Waals surface area contributed by atoms with Crippen molar-refractivity contribution in [3.8, 4) is 11.5 Å². The zero-order valence-corrected chi connectivity index (χ0v) is 12.1. The minimum atomic E-state index is -3.72. The normalized spacial score (nSPS) is 11.6. The predicted molar refractivity (Wildman–Crippen MR) is 75.8 cm³/mol. The molecule has 2 rings (SSSR count). The summed E-state index contributed by atoms with van der Waals surface area (Å²) < 4.78 is 30.2. The number of rotatable bonds is 4. The summed E-state index contributed by atoms with van der Waals surface area (Å²) in [6.07, 6.45) is -0.0500. The molecule has 0 aromatic heterocycles. The Morgan fingerprint density at radius 3 is 2.25 bits per heavy atom. The minimum Gasteiger partial charge on any atom is -0.506 e. The van der Waals surface area contributed by atoms with Crippen molar-refractivity contribution in [1.29, 1.82) is 0 Å². The molecule has 0 saturated carbocycles. The monoisotopic (exact) mass is 292 g/mol. The number of sulfone groups is 1. The standard InChI is InChI=1S/C15H16O4S/c1-11(2)19-12-8-9-15(14(16)10-12)20(17,18)13-6-4-3-5-7-13/h3-11,16H,1-2H3. The Bertz CT molecular complexity index is 691. The first-order chi connectivity index (χ1) is 9.41. The lowest BCUT2D eigenvalue weighted by Crippen LogP contribution is -2.06. The molecule has 2 aromatic carbocycles. The van der Waals surface area contributed by atoms with Crippen LogP contribution in [-0.2, 0) is 9.84 Å². The summed E-state index contributed by atoms with van der Waals surface area (Å²) in [7, 11) is -3.72. The molecule has 0 fully saturated rings. The molecule has 5 heteroatoms. The van der Waals surface area contributed by atoms with Crippen molar-refractivity contribution in [2.45, 2.75) is 29.7 Å². The molecule has 0 aliphatic heterocycles. The Kier molecular flexibility index (Phi) is 3.99. The first-order valence-electron chi connectivity index (χ1n) is 6.21. The summed E-state index contributed by atoms with van der Waals surface area (Å²) in [6.45, 7) is 3.71. The summed E-state index contributed by atoms with van der Waals surface area (Å²) in [4.78, 5) is 0.0210. The number of phenols is 1. The highest BCUT2D eigenvalue weighted by molar-refractivity contribution is 7.91. The van der Waals surface area contributed by atoms with Crippen LogP contribution >= 0.6 is 0 Å². The van der Waals surface area contributed by atoms with Gasteiger partial charge in [-0.25, -0.2) is 8.42 Å². The van der Waals surface area contributed by atoms with Gasteiger partial charge in [-0.05, 0) is 38.1 Å². The van der Waals surface area contributed by atoms with E-state index in [-0.39, 0.29) is 21.6 Å². The van der Waals surface area contributed by atoms with Crippen LogP contribution in [0.5, 0.6) is 11.5 Å². The number of hydrogen-bond acceptors (Lipinski definition) is 4. The zero-order valence-electron chi connectivity index (χ0n) is 11.3. The van der Waals surface area contributed by atoms with Crippen molar-refractivity contribution in [2.75, 3.05) is 0 Å². The van der Waals surface area contributed by atoms with Gasteiger partial charge in [-0.15, -0.1) is 0 Å². The fourth-order valence-electron chi connectivity index (χ4n) is 1.80. The Balaban J connectivity index is 2.44. The Morgan fingerprint density at radius 1 is 1.05 bits per heavy atom. The van der Waals surface area contributed by atoms with Crippen LogP contribution in [0.25, 0.3) is 0 Å². The molecule has 4 nitrogen and oxygen atoms in total. The molecule has 0 heterocycles. The fraction of sp³-hybridized carbons (Fsp3) is 0.200. The van der Waals surface area contributed by atoms with Gasteiger partial charge in [-0.2, -0.15) is 0 Å². The maximum absolute atomic E-state index is 12.4. The lowest BCUT2D eigenvalue weighted by Gasteiger charge is -2.12. The Morgan fingerprint density at radius 2 is 1.70 bits per heavy atom. The van der Waals surface area contributed by atoms with Gasteiger partial charge in [0.15, 0.2) is 0 Å². The molecular weight excluding hydrogens is 276 g/mol. The molecule has 0 unspecified atom stereocenters. The second-order valence-electron chi connectivity index (χ2n) is 4.61. The van der Waals surface area contributed by atoms with Gasteiger partial charge in [0.05, 0.1) is 11.0 Å². The number of aromatic hydroxyl groups is 1. The lowest BCUT2D eigenvalue weighted by atomic mass is 10.3. The van der Waals surface area contributed by atoms with Crippen LogP contribution in [0.15, 0.2) is 58.3 Å². The Hall–Kier alpha value is -2.01. The van der Waals surface area contributed by atoms with Crippen molar-refractivity contribution in [2.24, 2.45) is 0 Å². The van der Waals surface area contributed by atoms with Crippen molar-refractivity contribution in [1.82, 2.24) is 0 Å². The quantitative estimate of drug-likeness (QED) is 0.941. The van der Waals surface area contributed by atoms with Crippen LogP contribution in [0, 0.1) is 0 Å². The van der Waals surface area contributed by atoms with Crippen LogP contribution in [0.3, 0.4) is 0 Å². The maximum Gasteiger partial charge on any atom is 0.210 e. The molecule has 0 aliphatic carbocycles. The van der Waals surface area contributed by atoms with Gasteiger partial charge < -0.3 is 9.84 Å². The molecule has 0 atom stereocenters. The largest absolute Gasteiger partial charge is 0.506 e. The second-order valence-corrected chi connectivity index (χ2v) is 6.53. The second kappa shape index (κ2) is 5.54. The molecule has 20 heavy (non-hydrogen) atoms. The van der Waals surface area contributed by atoms with Crippen LogP contribution < -0.4 is 4.74 Å². The molecule has 0 amide bonds. The van der Waals surface area contributed by atoms with E-state index in [4.69, 9.17) is 4.74 Å². The summed E-state index contributed by atoms with van der Waals surface area (Å²) in [6, 6.07) is 12.2. The van der Waals surface area contributed by atoms with E-state index in [2.05, 4.69) is 0 Å². The third kappa shape index (κ3) is 2.93. The van der Waals surface area contributed by atoms with Gasteiger partial charge in [0.1, 0.15) is 16.4 Å². The summed E-state index contributed by atoms with van der Waals surface area (Å²) in [5, 5.41) is 9.94. The highest BCUT2D eigenvalue weighted by atomic mass is 32.2. The molecule has 2 aromatic rings. The summed E-state index contributed by atoms with van der Waals surface area (Å²) >= 11 is 0. The topological polar surface area (TPSA) is 63.6 Å². The average Bonchev–Trinajstić information content (AvgIpc) is 2.38. The number of ether oxygens (including phenoxy) is 1. The smallest absolute Gasteiger partial charge is 0.210 e. The van der Waals surface area contributed by atoms with Gasteiger partial charge in [0, 0.05) is 6.07 Å². The van der Waals surface area contributed by atoms with Crippen LogP contribution in [0.4, 0.5) is 0 Å². The predicted octanol–water partition coefficient (Wildman–Crippen LogP) is 3.01. The van der Waals surface area contributed by atoms with E-state index in [1.54, 1.807) is 18.2 Å². The van der Waals surface area contributed by atoms with E-state index in [9.17, 15) is 13.5 Å². The van der Waals surface area contributed by atoms with Gasteiger partial charge in [-0.1, -0.05) is 18.2 Å². The van der Waals surface area contributed by atoms with Gasteiger partial charge in [0.25, 0.3) is 0 Å². The van der Waals surface area contributed by atoms with Crippen LogP contribution in [-0.4, -0.2) is 19.6 Å². The zero-order chi connectivity index (χ0) is 14.8. The first kappa shape index (κ1) is 14.4. The number of phenolic OH excluding ortho intramolecular Hbond substituents is 1. The molecule has 0 radical (unpaired) electrons. The fourth-order valence-corrected chi connectivity index (χ4v) is 3.15. The third-order valence-electron chi connectivity index (χ3n) is 2.65. The molecular formula is C15H16O4S. The third-order valence-corrected chi connectivity index (χ3v) is 4.46. The van der Waals surface area contributed by atoms with E-state index in [0.29, 0.717) is 5.75 Å². The van der Waals surface area contributed by atoms with Gasteiger partial charge in [0.2, 0.25) is 9.84 Å². The molecule has 0 bridgehead atoms. The van der Waals surface area contributed by atoms with Crippen LogP contribution in [0.2, 0.25) is 0 Å². The number of hydrogen-bond donors (Lipinski definition) is 1. The highest BCUT2D eigenvalue weighted by Gasteiger charge is 2.21. The van der Waals surface area contributed by atoms with Crippen molar-refractivity contribution < 1.29 is 18.3 Å². The Labute approximate surface area is 118 Å². The first-order valence-corrected chi connectivity index (χ1v) is 7.69. The summed E-state index contributed by atoms with van der Waals surface area (Å²) in [5.74, 6) is 0.122. The van der Waals surface area contributed by atoms with Crippen molar-refractivity contribution in [3.63, 3.8) is 0 Å². The molecule has 1 N–H and O–H groups in total.